The quantitative estimate of drug-likeness (QED) is 0.646. The molecule has 1 aromatic heterocycles. The molecule has 2 aromatic rings. The number of amides is 1. The van der Waals surface area contributed by atoms with Crippen LogP contribution < -0.4 is 11.2 Å². The van der Waals surface area contributed by atoms with Crippen molar-refractivity contribution in [1.82, 2.24) is 15.6 Å². The summed E-state index contributed by atoms with van der Waals surface area (Å²) in [6, 6.07) is 7.77. The average molecular weight is 275 g/mol. The van der Waals surface area contributed by atoms with Gasteiger partial charge in [-0.1, -0.05) is 35.6 Å². The smallest absolute Gasteiger partial charge is 0.247 e. The highest BCUT2D eigenvalue weighted by atomic mass is 32.1. The van der Waals surface area contributed by atoms with E-state index >= 15 is 0 Å². The maximum absolute atomic E-state index is 11.6. The predicted molar refractivity (Wildman–Crippen MR) is 74.9 cm³/mol. The number of hydrogen-bond acceptors (Lipinski definition) is 6. The zero-order valence-corrected chi connectivity index (χ0v) is 11.1. The molecule has 0 spiro atoms. The molecule has 1 aromatic carbocycles. The molecular formula is C12H13N5OS. The Bertz CT molecular complexity index is 608. The first kappa shape index (κ1) is 13.2. The van der Waals surface area contributed by atoms with Crippen LogP contribution in [0.1, 0.15) is 16.1 Å². The molecule has 0 aliphatic rings. The van der Waals surface area contributed by atoms with E-state index in [2.05, 4.69) is 20.7 Å². The molecule has 6 nitrogen and oxygen atoms in total. The Morgan fingerprint density at radius 3 is 2.95 bits per heavy atom. The minimum atomic E-state index is -0.249. The number of rotatable bonds is 4. The number of carbonyl (C=O) groups excluding carboxylic acids is 1. The number of carbonyl (C=O) groups is 1. The maximum Gasteiger partial charge on any atom is 0.247 e. The summed E-state index contributed by atoms with van der Waals surface area (Å²) >= 11 is 1.19. The summed E-state index contributed by atoms with van der Waals surface area (Å²) in [5, 5.41) is 12.2. The van der Waals surface area contributed by atoms with Crippen molar-refractivity contribution in [1.29, 1.82) is 0 Å². The zero-order valence-electron chi connectivity index (χ0n) is 10.3. The Labute approximate surface area is 114 Å². The van der Waals surface area contributed by atoms with Crippen LogP contribution in [0.25, 0.3) is 0 Å². The van der Waals surface area contributed by atoms with Crippen LogP contribution in [0, 0.1) is 6.92 Å². The Kier molecular flexibility index (Phi) is 4.19. The highest BCUT2D eigenvalue weighted by molar-refractivity contribution is 7.15. The van der Waals surface area contributed by atoms with Crippen molar-refractivity contribution >= 4 is 28.6 Å². The average Bonchev–Trinajstić information content (AvgIpc) is 2.77. The normalized spacial score (nSPS) is 10.8. The molecule has 0 unspecified atom stereocenters. The van der Waals surface area contributed by atoms with E-state index in [4.69, 9.17) is 5.73 Å². The van der Waals surface area contributed by atoms with Gasteiger partial charge in [-0.3, -0.25) is 4.79 Å². The van der Waals surface area contributed by atoms with Crippen molar-refractivity contribution in [2.24, 2.45) is 5.10 Å². The number of nitrogens with zero attached hydrogens (tertiary/aromatic N) is 3. The molecule has 0 atom stereocenters. The van der Waals surface area contributed by atoms with Gasteiger partial charge in [-0.15, -0.1) is 10.2 Å². The van der Waals surface area contributed by atoms with Crippen LogP contribution in [0.3, 0.4) is 0 Å². The number of nitrogen functional groups attached to an aromatic ring is 1. The number of aromatic nitrogens is 2. The fourth-order valence-corrected chi connectivity index (χ4v) is 2.03. The summed E-state index contributed by atoms with van der Waals surface area (Å²) in [5.74, 6) is -0.249. The molecule has 0 bridgehead atoms. The molecule has 1 amide bonds. The van der Waals surface area contributed by atoms with E-state index in [1.807, 2.05) is 31.2 Å². The Morgan fingerprint density at radius 1 is 1.47 bits per heavy atom. The number of hydrazone groups is 1. The highest BCUT2D eigenvalue weighted by Gasteiger charge is 2.06. The van der Waals surface area contributed by atoms with Crippen LogP contribution in [0.5, 0.6) is 0 Å². The van der Waals surface area contributed by atoms with E-state index in [0.717, 1.165) is 11.1 Å². The molecule has 3 N–H and O–H groups in total. The Hall–Kier alpha value is -2.28. The summed E-state index contributed by atoms with van der Waals surface area (Å²) in [6.07, 6.45) is 1.74. The summed E-state index contributed by atoms with van der Waals surface area (Å²) in [7, 11) is 0. The van der Waals surface area contributed by atoms with E-state index in [1.54, 1.807) is 6.21 Å². The maximum atomic E-state index is 11.6. The first-order chi connectivity index (χ1) is 9.15. The minimum Gasteiger partial charge on any atom is -0.374 e. The van der Waals surface area contributed by atoms with E-state index in [-0.39, 0.29) is 12.3 Å². The van der Waals surface area contributed by atoms with Gasteiger partial charge in [-0.25, -0.2) is 5.43 Å². The number of hydrogen-bond donors (Lipinski definition) is 2. The lowest BCUT2D eigenvalue weighted by Gasteiger charge is -1.99. The fraction of sp³-hybridized carbons (Fsp3) is 0.167. The van der Waals surface area contributed by atoms with Crippen LogP contribution in [-0.4, -0.2) is 22.3 Å². The fourth-order valence-electron chi connectivity index (χ4n) is 1.42. The first-order valence-electron chi connectivity index (χ1n) is 5.60. The molecule has 98 valence electrons. The zero-order chi connectivity index (χ0) is 13.7. The number of anilines is 1. The summed E-state index contributed by atoms with van der Waals surface area (Å²) < 4.78 is 0. The SMILES string of the molecule is Cc1ccccc1C=NNC(=O)Cc1nnc(N)s1. The van der Waals surface area contributed by atoms with Gasteiger partial charge in [-0.2, -0.15) is 5.10 Å². The van der Waals surface area contributed by atoms with E-state index in [9.17, 15) is 4.79 Å². The number of nitrogens with one attached hydrogen (secondary N) is 1. The summed E-state index contributed by atoms with van der Waals surface area (Å²) in [6.45, 7) is 1.98. The Morgan fingerprint density at radius 2 is 2.26 bits per heavy atom. The third-order valence-corrected chi connectivity index (χ3v) is 3.13. The van der Waals surface area contributed by atoms with E-state index in [0.29, 0.717) is 10.1 Å². The van der Waals surface area contributed by atoms with Crippen molar-refractivity contribution in [3.63, 3.8) is 0 Å². The molecule has 0 saturated carbocycles. The second-order valence-electron chi connectivity index (χ2n) is 3.86. The van der Waals surface area contributed by atoms with Gasteiger partial charge in [-0.05, 0) is 18.1 Å². The minimum absolute atomic E-state index is 0.125. The molecular weight excluding hydrogens is 262 g/mol. The number of benzene rings is 1. The molecule has 0 aliphatic carbocycles. The lowest BCUT2D eigenvalue weighted by Crippen LogP contribution is -2.19. The van der Waals surface area contributed by atoms with Crippen molar-refractivity contribution < 1.29 is 4.79 Å². The lowest BCUT2D eigenvalue weighted by molar-refractivity contribution is -0.120. The van der Waals surface area contributed by atoms with Crippen LogP contribution in [-0.2, 0) is 11.2 Å². The van der Waals surface area contributed by atoms with Crippen LogP contribution in [0.15, 0.2) is 29.4 Å². The topological polar surface area (TPSA) is 93.3 Å². The third kappa shape index (κ3) is 3.85. The molecule has 0 saturated heterocycles. The van der Waals surface area contributed by atoms with E-state index in [1.165, 1.54) is 11.3 Å². The second-order valence-corrected chi connectivity index (χ2v) is 4.95. The van der Waals surface area contributed by atoms with Gasteiger partial charge in [0.1, 0.15) is 5.01 Å². The first-order valence-corrected chi connectivity index (χ1v) is 6.42. The van der Waals surface area contributed by atoms with Gasteiger partial charge < -0.3 is 5.73 Å². The molecule has 2 rings (SSSR count). The highest BCUT2D eigenvalue weighted by Crippen LogP contribution is 2.11. The van der Waals surface area contributed by atoms with Gasteiger partial charge in [0.25, 0.3) is 0 Å². The third-order valence-electron chi connectivity index (χ3n) is 2.38. The largest absolute Gasteiger partial charge is 0.374 e. The van der Waals surface area contributed by atoms with Crippen LogP contribution in [0.2, 0.25) is 0 Å². The number of nitrogens with two attached hydrogens (primary N) is 1. The van der Waals surface area contributed by atoms with Crippen molar-refractivity contribution in [2.75, 3.05) is 5.73 Å². The monoisotopic (exact) mass is 275 g/mol. The summed E-state index contributed by atoms with van der Waals surface area (Å²) in [5.41, 5.74) is 9.93. The van der Waals surface area contributed by atoms with Gasteiger partial charge in [0.2, 0.25) is 11.0 Å². The van der Waals surface area contributed by atoms with Gasteiger partial charge in [0, 0.05) is 0 Å². The van der Waals surface area contributed by atoms with Crippen molar-refractivity contribution in [2.45, 2.75) is 13.3 Å². The molecule has 19 heavy (non-hydrogen) atoms. The van der Waals surface area contributed by atoms with E-state index < -0.39 is 0 Å². The molecule has 7 heteroatoms. The standard InChI is InChI=1S/C12H13N5OS/c1-8-4-2-3-5-9(8)7-14-15-10(18)6-11-16-17-12(13)19-11/h2-5,7H,6H2,1H3,(H2,13,17)(H,15,18). The van der Waals surface area contributed by atoms with Gasteiger partial charge in [0.05, 0.1) is 12.6 Å². The molecule has 1 heterocycles. The lowest BCUT2D eigenvalue weighted by atomic mass is 10.1. The summed E-state index contributed by atoms with van der Waals surface area (Å²) in [4.78, 5) is 11.6. The van der Waals surface area contributed by atoms with Crippen molar-refractivity contribution in [3.05, 3.63) is 40.4 Å². The predicted octanol–water partition coefficient (Wildman–Crippen LogP) is 1.12. The van der Waals surface area contributed by atoms with Crippen LogP contribution in [0.4, 0.5) is 5.13 Å². The van der Waals surface area contributed by atoms with Gasteiger partial charge in [0.15, 0.2) is 0 Å². The number of aryl methyl sites for hydroxylation is 1. The molecule has 0 radical (unpaired) electrons. The van der Waals surface area contributed by atoms with Gasteiger partial charge >= 0.3 is 0 Å². The second kappa shape index (κ2) is 6.05. The molecule has 0 aliphatic heterocycles. The van der Waals surface area contributed by atoms with Crippen molar-refractivity contribution in [3.8, 4) is 0 Å². The molecule has 0 fully saturated rings. The Balaban J connectivity index is 1.88. The van der Waals surface area contributed by atoms with Crippen LogP contribution >= 0.6 is 11.3 Å².